The summed E-state index contributed by atoms with van der Waals surface area (Å²) >= 11 is 0. The second-order valence-corrected chi connectivity index (χ2v) is 7.45. The molecule has 4 aromatic rings. The fraction of sp³-hybridized carbons (Fsp3) is 0.182. The third-order valence-electron chi connectivity index (χ3n) is 4.89. The molecule has 0 saturated carbocycles. The average molecular weight is 438 g/mol. The lowest BCUT2D eigenvalue weighted by atomic mass is 10.2. The smallest absolute Gasteiger partial charge is 0.325 e. The molecule has 2 aromatic heterocycles. The number of aromatic nitrogens is 4. The first-order valence-corrected chi connectivity index (χ1v) is 9.77. The fourth-order valence-electron chi connectivity index (χ4n) is 3.19. The van der Waals surface area contributed by atoms with Crippen molar-refractivity contribution in [3.63, 3.8) is 0 Å². The topological polar surface area (TPSA) is 93.3 Å². The molecule has 10 heteroatoms. The number of amides is 1. The van der Waals surface area contributed by atoms with E-state index in [4.69, 9.17) is 0 Å². The second kappa shape index (κ2) is 8.22. The van der Waals surface area contributed by atoms with Crippen LogP contribution in [0.2, 0.25) is 0 Å². The first-order valence-electron chi connectivity index (χ1n) is 9.77. The summed E-state index contributed by atoms with van der Waals surface area (Å²) in [4.78, 5) is 29.7. The van der Waals surface area contributed by atoms with E-state index >= 15 is 0 Å². The van der Waals surface area contributed by atoms with Gasteiger partial charge in [0.1, 0.15) is 18.2 Å². The summed E-state index contributed by atoms with van der Waals surface area (Å²) in [5.41, 5.74) is 2.13. The van der Waals surface area contributed by atoms with E-state index in [1.165, 1.54) is 22.6 Å². The molecular formula is C22H20F2N6O2. The van der Waals surface area contributed by atoms with Crippen LogP contribution in [0.3, 0.4) is 0 Å². The molecule has 0 aliphatic carbocycles. The van der Waals surface area contributed by atoms with Gasteiger partial charge in [-0.15, -0.1) is 5.10 Å². The van der Waals surface area contributed by atoms with E-state index in [1.807, 2.05) is 0 Å². The van der Waals surface area contributed by atoms with Crippen molar-refractivity contribution < 1.29 is 13.6 Å². The van der Waals surface area contributed by atoms with Crippen LogP contribution in [0.4, 0.5) is 26.1 Å². The Hall–Kier alpha value is -4.08. The van der Waals surface area contributed by atoms with Gasteiger partial charge in [-0.1, -0.05) is 12.1 Å². The zero-order valence-corrected chi connectivity index (χ0v) is 17.6. The molecule has 0 bridgehead atoms. The van der Waals surface area contributed by atoms with E-state index in [-0.39, 0.29) is 18.1 Å². The minimum Gasteiger partial charge on any atom is -0.325 e. The quantitative estimate of drug-likeness (QED) is 0.498. The van der Waals surface area contributed by atoms with Crippen molar-refractivity contribution in [2.75, 3.05) is 10.6 Å². The van der Waals surface area contributed by atoms with Crippen LogP contribution in [0.5, 0.6) is 0 Å². The van der Waals surface area contributed by atoms with Crippen molar-refractivity contribution in [3.8, 4) is 0 Å². The molecule has 32 heavy (non-hydrogen) atoms. The van der Waals surface area contributed by atoms with Crippen molar-refractivity contribution in [1.82, 2.24) is 19.2 Å². The third kappa shape index (κ3) is 4.20. The maximum absolute atomic E-state index is 13.9. The highest BCUT2D eigenvalue weighted by Gasteiger charge is 2.16. The first kappa shape index (κ1) is 21.2. The number of benzene rings is 2. The van der Waals surface area contributed by atoms with Crippen LogP contribution in [0, 0.1) is 32.4 Å². The van der Waals surface area contributed by atoms with E-state index in [2.05, 4.69) is 20.7 Å². The molecular weight excluding hydrogens is 418 g/mol. The van der Waals surface area contributed by atoms with Crippen molar-refractivity contribution in [2.45, 2.75) is 27.3 Å². The van der Waals surface area contributed by atoms with Crippen LogP contribution in [-0.4, -0.2) is 25.1 Å². The van der Waals surface area contributed by atoms with Crippen LogP contribution < -0.4 is 16.3 Å². The predicted molar refractivity (Wildman–Crippen MR) is 116 cm³/mol. The van der Waals surface area contributed by atoms with Gasteiger partial charge in [-0.3, -0.25) is 4.79 Å². The van der Waals surface area contributed by atoms with Crippen molar-refractivity contribution in [2.24, 2.45) is 0 Å². The highest BCUT2D eigenvalue weighted by Crippen LogP contribution is 2.19. The zero-order valence-electron chi connectivity index (χ0n) is 17.6. The van der Waals surface area contributed by atoms with E-state index in [0.717, 1.165) is 4.68 Å². The molecule has 0 radical (unpaired) electrons. The highest BCUT2D eigenvalue weighted by atomic mass is 19.1. The Labute approximate surface area is 181 Å². The van der Waals surface area contributed by atoms with Crippen LogP contribution in [0.15, 0.2) is 47.3 Å². The van der Waals surface area contributed by atoms with Gasteiger partial charge in [0, 0.05) is 23.1 Å². The lowest BCUT2D eigenvalue weighted by Crippen LogP contribution is -2.29. The summed E-state index contributed by atoms with van der Waals surface area (Å²) in [7, 11) is 0. The molecule has 2 aromatic carbocycles. The Kier molecular flexibility index (Phi) is 5.43. The van der Waals surface area contributed by atoms with Gasteiger partial charge in [-0.2, -0.15) is 0 Å². The molecule has 0 spiro atoms. The van der Waals surface area contributed by atoms with Gasteiger partial charge in [-0.25, -0.2) is 27.6 Å². The molecule has 0 saturated heterocycles. The number of nitrogens with one attached hydrogen (secondary N) is 2. The van der Waals surface area contributed by atoms with E-state index in [0.29, 0.717) is 28.2 Å². The number of carbonyl (C=O) groups is 1. The van der Waals surface area contributed by atoms with Crippen LogP contribution in [-0.2, 0) is 11.3 Å². The molecule has 164 valence electrons. The van der Waals surface area contributed by atoms with Crippen molar-refractivity contribution in [3.05, 3.63) is 81.4 Å². The molecule has 0 aliphatic heterocycles. The van der Waals surface area contributed by atoms with E-state index in [9.17, 15) is 18.4 Å². The molecule has 1 amide bonds. The number of nitrogens with zero attached hydrogens (tertiary/aromatic N) is 4. The molecule has 2 N–H and O–H groups in total. The molecule has 0 aliphatic rings. The second-order valence-electron chi connectivity index (χ2n) is 7.45. The summed E-state index contributed by atoms with van der Waals surface area (Å²) in [6.45, 7) is 4.72. The Morgan fingerprint density at radius 3 is 2.53 bits per heavy atom. The first-order chi connectivity index (χ1) is 15.2. The zero-order chi connectivity index (χ0) is 23.0. The Balaban J connectivity index is 1.65. The average Bonchev–Trinajstić information content (AvgIpc) is 3.02. The number of carbonyl (C=O) groups excluding carboxylic acids is 1. The number of hydrogen-bond donors (Lipinski definition) is 2. The van der Waals surface area contributed by atoms with Gasteiger partial charge >= 0.3 is 5.69 Å². The van der Waals surface area contributed by atoms with Crippen molar-refractivity contribution in [1.29, 1.82) is 0 Å². The van der Waals surface area contributed by atoms with Gasteiger partial charge < -0.3 is 10.6 Å². The molecule has 4 rings (SSSR count). The summed E-state index contributed by atoms with van der Waals surface area (Å²) in [5.74, 6) is -1.28. The summed E-state index contributed by atoms with van der Waals surface area (Å²) in [5, 5.41) is 9.73. The Morgan fingerprint density at radius 1 is 1.03 bits per heavy atom. The van der Waals surface area contributed by atoms with Crippen molar-refractivity contribution >= 4 is 28.9 Å². The largest absolute Gasteiger partial charge is 0.353 e. The van der Waals surface area contributed by atoms with Crippen LogP contribution in [0.25, 0.3) is 5.65 Å². The molecule has 0 atom stereocenters. The maximum Gasteiger partial charge on any atom is 0.353 e. The van der Waals surface area contributed by atoms with Crippen LogP contribution >= 0.6 is 0 Å². The highest BCUT2D eigenvalue weighted by molar-refractivity contribution is 5.91. The predicted octanol–water partition coefficient (Wildman–Crippen LogP) is 3.48. The van der Waals surface area contributed by atoms with Gasteiger partial charge in [0.15, 0.2) is 5.65 Å². The summed E-state index contributed by atoms with van der Waals surface area (Å²) in [6, 6.07) is 10.2. The number of rotatable bonds is 5. The number of hydrogen-bond acceptors (Lipinski definition) is 5. The molecule has 2 heterocycles. The van der Waals surface area contributed by atoms with Gasteiger partial charge in [-0.05, 0) is 56.2 Å². The number of aryl methyl sites for hydroxylation is 3. The monoisotopic (exact) mass is 438 g/mol. The van der Waals surface area contributed by atoms with E-state index in [1.54, 1.807) is 45.0 Å². The minimum atomic E-state index is -0.603. The molecule has 8 nitrogen and oxygen atoms in total. The third-order valence-corrected chi connectivity index (χ3v) is 4.89. The number of halogens is 2. The fourth-order valence-corrected chi connectivity index (χ4v) is 3.19. The lowest BCUT2D eigenvalue weighted by Gasteiger charge is -2.09. The number of fused-ring (bicyclic) bond motifs is 1. The minimum absolute atomic E-state index is 0.140. The standard InChI is InChI=1S/C22H20F2N6O2/c1-12-5-7-16(10-17(12)24)26-21-25-14(3)8-19-28-29(22(32)30(19)21)11-20(31)27-18-9-15(23)6-4-13(18)2/h4-10H,11H2,1-3H3,(H,25,26)(H,27,31). The van der Waals surface area contributed by atoms with Gasteiger partial charge in [0.05, 0.1) is 0 Å². The number of anilines is 3. The molecule has 0 fully saturated rings. The SMILES string of the molecule is Cc1cc2nn(CC(=O)Nc3cc(F)ccc3C)c(=O)n2c(Nc2ccc(C)c(F)c2)n1. The molecule has 0 unspecified atom stereocenters. The van der Waals surface area contributed by atoms with E-state index < -0.39 is 23.2 Å². The summed E-state index contributed by atoms with van der Waals surface area (Å²) < 4.78 is 29.6. The van der Waals surface area contributed by atoms with Crippen LogP contribution in [0.1, 0.15) is 16.8 Å². The lowest BCUT2D eigenvalue weighted by molar-refractivity contribution is -0.117. The summed E-state index contributed by atoms with van der Waals surface area (Å²) in [6.07, 6.45) is 0. The maximum atomic E-state index is 13.9. The Morgan fingerprint density at radius 2 is 1.78 bits per heavy atom. The van der Waals surface area contributed by atoms with Gasteiger partial charge in [0.2, 0.25) is 11.9 Å². The normalized spacial score (nSPS) is 11.0. The Bertz CT molecular complexity index is 1410. The van der Waals surface area contributed by atoms with Gasteiger partial charge in [0.25, 0.3) is 0 Å².